The number of nitrogens with zero attached hydrogens (tertiary/aromatic N) is 4. The van der Waals surface area contributed by atoms with Gasteiger partial charge < -0.3 is 29.2 Å². The lowest BCUT2D eigenvalue weighted by Crippen LogP contribution is -2.54. The van der Waals surface area contributed by atoms with Crippen LogP contribution in [0.2, 0.25) is 0 Å². The lowest BCUT2D eigenvalue weighted by molar-refractivity contribution is -0.386. The first kappa shape index (κ1) is 42.9. The van der Waals surface area contributed by atoms with Gasteiger partial charge in [-0.1, -0.05) is 24.3 Å². The summed E-state index contributed by atoms with van der Waals surface area (Å²) >= 11 is 0. The third kappa shape index (κ3) is 8.25. The molecule has 11 rings (SSSR count). The monoisotopic (exact) mass is 916 g/mol. The summed E-state index contributed by atoms with van der Waals surface area (Å²) in [6.07, 6.45) is 14.8. The van der Waals surface area contributed by atoms with E-state index in [4.69, 9.17) is 14.2 Å². The van der Waals surface area contributed by atoms with E-state index in [-0.39, 0.29) is 35.3 Å². The zero-order valence-electron chi connectivity index (χ0n) is 37.1. The van der Waals surface area contributed by atoms with E-state index in [1.165, 1.54) is 44.7 Å². The number of aromatic nitrogens is 2. The number of hydrogen-bond acceptors (Lipinski definition) is 12. The van der Waals surface area contributed by atoms with Crippen LogP contribution in [0.1, 0.15) is 117 Å². The predicted molar refractivity (Wildman–Crippen MR) is 247 cm³/mol. The van der Waals surface area contributed by atoms with Crippen LogP contribution in [0.15, 0.2) is 84.0 Å². The highest BCUT2D eigenvalue weighted by atomic mass is 32.2. The number of fused-ring (bicyclic) bond motifs is 2. The Kier molecular flexibility index (Phi) is 10.8. The number of H-pyrrole nitrogens is 1. The second-order valence-corrected chi connectivity index (χ2v) is 21.7. The lowest BCUT2D eigenvalue weighted by Gasteiger charge is -2.56. The molecule has 3 aromatic carbocycles. The number of nitro benzene ring substituents is 1. The van der Waals surface area contributed by atoms with Gasteiger partial charge in [-0.25, -0.2) is 18.1 Å². The second-order valence-electron chi connectivity index (χ2n) is 20.0. The van der Waals surface area contributed by atoms with Gasteiger partial charge in [-0.2, -0.15) is 0 Å². The molecule has 1 unspecified atom stereocenters. The second kappa shape index (κ2) is 16.6. The first-order chi connectivity index (χ1) is 31.8. The van der Waals surface area contributed by atoms with Crippen LogP contribution in [-0.2, 0) is 10.0 Å². The number of amides is 1. The summed E-state index contributed by atoms with van der Waals surface area (Å²) in [6, 6.07) is 21.1. The van der Waals surface area contributed by atoms with Crippen molar-refractivity contribution in [2.24, 2.45) is 11.3 Å². The lowest BCUT2D eigenvalue weighted by atomic mass is 9.59. The first-order valence-electron chi connectivity index (χ1n) is 23.6. The molecule has 15 nitrogen and oxygen atoms in total. The minimum atomic E-state index is -4.68. The van der Waals surface area contributed by atoms with Gasteiger partial charge >= 0.3 is 5.69 Å². The summed E-state index contributed by atoms with van der Waals surface area (Å²) in [6.45, 7) is 4.68. The van der Waals surface area contributed by atoms with E-state index in [0.29, 0.717) is 54.6 Å². The number of piperidine rings is 1. The van der Waals surface area contributed by atoms with E-state index >= 15 is 0 Å². The molecule has 3 saturated carbocycles. The van der Waals surface area contributed by atoms with Crippen molar-refractivity contribution in [2.75, 3.05) is 31.1 Å². The highest BCUT2D eigenvalue weighted by Crippen LogP contribution is 2.55. The number of carbonyl (C=O) groups excluding carboxylic acids is 1. The molecule has 2 aromatic heterocycles. The summed E-state index contributed by atoms with van der Waals surface area (Å²) in [5, 5.41) is 23.6. The smallest absolute Gasteiger partial charge is 0.316 e. The molecule has 1 amide bonds. The molecule has 346 valence electrons. The van der Waals surface area contributed by atoms with Crippen molar-refractivity contribution in [3.63, 3.8) is 0 Å². The summed E-state index contributed by atoms with van der Waals surface area (Å²) in [7, 11) is -4.68. The van der Waals surface area contributed by atoms with Gasteiger partial charge in [0, 0.05) is 60.6 Å². The Morgan fingerprint density at radius 1 is 0.970 bits per heavy atom. The van der Waals surface area contributed by atoms with Crippen LogP contribution in [-0.4, -0.2) is 83.2 Å². The van der Waals surface area contributed by atoms with Gasteiger partial charge in [0.15, 0.2) is 5.75 Å². The van der Waals surface area contributed by atoms with Crippen molar-refractivity contribution in [1.82, 2.24) is 19.6 Å². The molecule has 3 N–H and O–H groups in total. The fourth-order valence-corrected chi connectivity index (χ4v) is 12.6. The molecule has 1 spiro atoms. The molecule has 5 aromatic rings. The summed E-state index contributed by atoms with van der Waals surface area (Å²) in [4.78, 5) is 37.8. The van der Waals surface area contributed by atoms with Crippen LogP contribution < -0.4 is 23.8 Å². The molecule has 3 aliphatic carbocycles. The Hall–Kier alpha value is -5.71. The van der Waals surface area contributed by atoms with E-state index < -0.39 is 43.1 Å². The SMILES string of the molecule is CC1(O)CCC([C@@H]2COc3cc(S(=O)(=O)NC(=O)c4ccc(N5CCC6(CC5)CC(N5CCCC5c5ccccc5C5CC5)C6)cc4Oc4cnc5[nH]ccc5c4)cc([N+](=O)[O-])c3O2)CC1. The fourth-order valence-electron chi connectivity index (χ4n) is 11.6. The molecule has 66 heavy (non-hydrogen) atoms. The molecule has 2 atom stereocenters. The summed E-state index contributed by atoms with van der Waals surface area (Å²) in [5.41, 5.74) is 3.53. The number of rotatable bonds is 11. The number of benzene rings is 3. The quantitative estimate of drug-likeness (QED) is 0.0844. The topological polar surface area (TPSA) is 189 Å². The number of likely N-dealkylation sites (tertiary alicyclic amines) is 1. The minimum Gasteiger partial charge on any atom is -0.485 e. The van der Waals surface area contributed by atoms with Crippen LogP contribution in [0.4, 0.5) is 11.4 Å². The Bertz CT molecular complexity index is 2800. The number of aliphatic hydroxyl groups is 1. The molecule has 0 radical (unpaired) electrons. The fraction of sp³-hybridized carbons (Fsp3) is 0.480. The number of nitro groups is 1. The van der Waals surface area contributed by atoms with Crippen LogP contribution in [0.3, 0.4) is 0 Å². The van der Waals surface area contributed by atoms with Gasteiger partial charge in [0.05, 0.1) is 27.2 Å². The predicted octanol–water partition coefficient (Wildman–Crippen LogP) is 8.93. The molecular formula is C50H56N6O9S. The van der Waals surface area contributed by atoms with Gasteiger partial charge in [-0.05, 0) is 143 Å². The zero-order chi connectivity index (χ0) is 45.4. The number of sulfonamides is 1. The number of hydrogen-bond donors (Lipinski definition) is 3. The summed E-state index contributed by atoms with van der Waals surface area (Å²) in [5.74, 6) is -0.0140. The van der Waals surface area contributed by atoms with E-state index in [0.717, 1.165) is 61.6 Å². The molecule has 2 saturated heterocycles. The van der Waals surface area contributed by atoms with Crippen LogP contribution in [0.25, 0.3) is 11.0 Å². The van der Waals surface area contributed by atoms with E-state index in [1.54, 1.807) is 42.4 Å². The van der Waals surface area contributed by atoms with Crippen molar-refractivity contribution < 1.29 is 37.5 Å². The van der Waals surface area contributed by atoms with Crippen molar-refractivity contribution in [3.8, 4) is 23.0 Å². The number of nitrogens with one attached hydrogen (secondary N) is 2. The van der Waals surface area contributed by atoms with Crippen LogP contribution in [0.5, 0.6) is 23.0 Å². The molecule has 16 heteroatoms. The standard InChI is InChI=1S/C50H56N6O9S/c1-49(58)15-12-32(13-16-49)45-30-63-44-26-37(25-42(56(59)60)46(44)65-45)66(61,62)53-48(57)40-11-10-34(24-43(40)64-36-23-33-14-19-51-47(33)52-29-36)54-21-17-50(18-22-54)27-35(28-50)55-20-4-7-41(55)39-6-3-2-5-38(39)31-8-9-31/h2-3,5-6,10-11,14,19,23-26,29,31-32,35,41,45,58H,4,7-9,12-13,15-18,20-22,27-28,30H2,1H3,(H,51,52)(H,53,57)/t32?,41?,45-,49?/m0/s1. The van der Waals surface area contributed by atoms with E-state index in [2.05, 4.69) is 48.8 Å². The number of ether oxygens (including phenoxy) is 3. The van der Waals surface area contributed by atoms with E-state index in [1.807, 2.05) is 12.1 Å². The third-order valence-electron chi connectivity index (χ3n) is 15.5. The molecular weight excluding hydrogens is 861 g/mol. The van der Waals surface area contributed by atoms with Gasteiger partial charge in [-0.3, -0.25) is 19.8 Å². The Labute approximate surface area is 384 Å². The Morgan fingerprint density at radius 3 is 2.50 bits per heavy atom. The number of aromatic amines is 1. The summed E-state index contributed by atoms with van der Waals surface area (Å²) < 4.78 is 48.4. The molecule has 6 aliphatic rings. The largest absolute Gasteiger partial charge is 0.485 e. The van der Waals surface area contributed by atoms with Crippen molar-refractivity contribution >= 4 is 38.3 Å². The average molecular weight is 917 g/mol. The Balaban J connectivity index is 0.801. The first-order valence-corrected chi connectivity index (χ1v) is 25.0. The molecule has 5 heterocycles. The molecule has 0 bridgehead atoms. The van der Waals surface area contributed by atoms with Gasteiger partial charge in [-0.15, -0.1) is 0 Å². The highest BCUT2D eigenvalue weighted by molar-refractivity contribution is 7.90. The highest BCUT2D eigenvalue weighted by Gasteiger charge is 2.50. The maximum Gasteiger partial charge on any atom is 0.316 e. The van der Waals surface area contributed by atoms with Crippen molar-refractivity contribution in [1.29, 1.82) is 0 Å². The molecule has 5 fully saturated rings. The third-order valence-corrected chi connectivity index (χ3v) is 16.8. The van der Waals surface area contributed by atoms with Crippen LogP contribution in [0, 0.1) is 21.4 Å². The zero-order valence-corrected chi connectivity index (χ0v) is 37.9. The van der Waals surface area contributed by atoms with E-state index in [9.17, 15) is 28.4 Å². The normalized spacial score (nSPS) is 25.4. The minimum absolute atomic E-state index is 0.000182. The maximum absolute atomic E-state index is 14.1. The Morgan fingerprint density at radius 2 is 1.74 bits per heavy atom. The van der Waals surface area contributed by atoms with Gasteiger partial charge in [0.1, 0.15) is 29.9 Å². The van der Waals surface area contributed by atoms with Crippen molar-refractivity contribution in [3.05, 3.63) is 106 Å². The molecule has 3 aliphatic heterocycles. The van der Waals surface area contributed by atoms with Gasteiger partial charge in [0.25, 0.3) is 15.9 Å². The van der Waals surface area contributed by atoms with Gasteiger partial charge in [0.2, 0.25) is 5.75 Å². The number of carbonyl (C=O) groups is 1. The van der Waals surface area contributed by atoms with Crippen molar-refractivity contribution in [2.45, 2.75) is 119 Å². The maximum atomic E-state index is 14.1. The number of pyridine rings is 1. The van der Waals surface area contributed by atoms with Crippen LogP contribution >= 0.6 is 0 Å². The number of anilines is 1. The average Bonchev–Trinajstić information content (AvgIpc) is 3.84.